The van der Waals surface area contributed by atoms with Gasteiger partial charge in [0.15, 0.2) is 94.4 Å². The van der Waals surface area contributed by atoms with Gasteiger partial charge in [-0.15, -0.1) is 0 Å². The van der Waals surface area contributed by atoms with Gasteiger partial charge in [0.2, 0.25) is 0 Å². The Balaban J connectivity index is 0.427. The first-order chi connectivity index (χ1) is 64.7. The Kier molecular flexibility index (Phi) is 37.0. The molecule has 15 aliphatic heterocycles. The van der Waals surface area contributed by atoms with Crippen molar-refractivity contribution in [3.05, 3.63) is 0 Å². The molecule has 15 aliphatic rings. The molecule has 15 saturated heterocycles. The van der Waals surface area contributed by atoms with E-state index in [9.17, 15) is 163 Å². The van der Waals surface area contributed by atoms with Crippen molar-refractivity contribution in [2.24, 2.45) is 0 Å². The summed E-state index contributed by atoms with van der Waals surface area (Å²) >= 11 is 0. The van der Waals surface area contributed by atoms with Crippen molar-refractivity contribution < 1.29 is 301 Å². The standard InChI is InChI=1S/C75H122O61/c76-1-17-31(78)58(105)75(122-17)136-60-16(77)2-109-74(59(60)106)135-30-15-121-73(57(104)44(30)91)134-29-14-120-72(56(103)43(29)90)133-28-13-119-71(55(102)42(28)89)132-27-12-118-70(54(101)41(27)88)131-26-11-117-69(53(100)40(26)87)130-25-10-116-68(52(99)39(25)86)129-24-9-115-67(51(98)38(24)85)128-23-8-114-66(50(97)37(23)84)127-22-7-113-65(49(96)36(22)83)126-21-6-112-64(48(95)35(21)82)125-20-5-111-63(47(94)34(20)81)124-19-4-110-62(46(93)33(19)80)123-18-3-108-61(107)45(92)32(18)79/h16-107H,1-15H2/t16-,17+,18-,19-,20-,21-,22-,23-,24-,25-,26-,27-,28-,29-,30-,31-,32+,33+,34+,35+,36+,37+,38+,39+,40+,41+,42+,43+,44+,45?,46?,47?,48?,49?,50?,51?,52?,53?,54?,55?,56?,57?,58?,59?,60+,61-,62+,63-,64-,65-,66-,67-,68-,69-,70-,71-,72-,73-,74+,75+/m1/s1. The Morgan fingerprint density at radius 2 is 0.294 bits per heavy atom. The van der Waals surface area contributed by atoms with Crippen LogP contribution in [0.25, 0.3) is 0 Å². The average Bonchev–Trinajstić information content (AvgIpc) is 1.54. The second-order valence-electron chi connectivity index (χ2n) is 35.2. The topological polar surface area (TPSA) is 915 Å². The van der Waals surface area contributed by atoms with Crippen LogP contribution in [0.4, 0.5) is 0 Å². The third kappa shape index (κ3) is 23.4. The Labute approximate surface area is 766 Å². The van der Waals surface area contributed by atoms with Gasteiger partial charge in [-0.05, 0) is 0 Å². The quantitative estimate of drug-likeness (QED) is 0.0331. The lowest BCUT2D eigenvalue weighted by Crippen LogP contribution is -2.64. The summed E-state index contributed by atoms with van der Waals surface area (Å²) in [4.78, 5) is 0. The van der Waals surface area contributed by atoms with E-state index in [1.54, 1.807) is 0 Å². The molecule has 0 aliphatic carbocycles. The third-order valence-corrected chi connectivity index (χ3v) is 25.9. The Morgan fingerprint density at radius 3 is 0.463 bits per heavy atom. The number of rotatable bonds is 29. The fourth-order valence-corrected chi connectivity index (χ4v) is 17.4. The van der Waals surface area contributed by atoms with Crippen molar-refractivity contribution in [3.8, 4) is 0 Å². The highest BCUT2D eigenvalue weighted by Crippen LogP contribution is 2.39. The molecular weight excluding hydrogens is 1880 g/mol. The summed E-state index contributed by atoms with van der Waals surface area (Å²) in [5.74, 6) is 0. The lowest BCUT2D eigenvalue weighted by Gasteiger charge is -2.46. The highest BCUT2D eigenvalue weighted by atomic mass is 16.8. The number of hydrogen-bond acceptors (Lipinski definition) is 61. The zero-order valence-corrected chi connectivity index (χ0v) is 71.4. The van der Waals surface area contributed by atoms with Crippen molar-refractivity contribution in [2.45, 2.75) is 369 Å². The second kappa shape index (κ2) is 46.7. The fourth-order valence-electron chi connectivity index (χ4n) is 17.4. The maximum atomic E-state index is 11.2. The third-order valence-electron chi connectivity index (χ3n) is 25.9. The van der Waals surface area contributed by atoms with E-state index in [0.717, 1.165) is 0 Å². The van der Waals surface area contributed by atoms with Gasteiger partial charge in [0.1, 0.15) is 275 Å². The van der Waals surface area contributed by atoms with E-state index < -0.39 is 468 Å². The molecule has 0 bridgehead atoms. The minimum Gasteiger partial charge on any atom is -0.394 e. The monoisotopic (exact) mass is 2000 g/mol. The van der Waals surface area contributed by atoms with Crippen molar-refractivity contribution in [3.63, 3.8) is 0 Å². The van der Waals surface area contributed by atoms with Crippen LogP contribution in [0.15, 0.2) is 0 Å². The van der Waals surface area contributed by atoms with Gasteiger partial charge in [-0.25, -0.2) is 0 Å². The molecule has 15 fully saturated rings. The van der Waals surface area contributed by atoms with Gasteiger partial charge >= 0.3 is 0 Å². The summed E-state index contributed by atoms with van der Waals surface area (Å²) in [5.41, 5.74) is 0. The number of aliphatic hydroxyl groups is 32. The van der Waals surface area contributed by atoms with Crippen molar-refractivity contribution in [1.29, 1.82) is 0 Å². The minimum absolute atomic E-state index is 0.414. The number of aliphatic hydroxyl groups excluding tert-OH is 32. The zero-order chi connectivity index (χ0) is 97.8. The zero-order valence-electron chi connectivity index (χ0n) is 71.4. The molecule has 0 spiro atoms. The highest BCUT2D eigenvalue weighted by molar-refractivity contribution is 5.01. The summed E-state index contributed by atoms with van der Waals surface area (Å²) in [6.45, 7) is -8.65. The fraction of sp³-hybridized carbons (Fsp3) is 1.00. The van der Waals surface area contributed by atoms with Crippen molar-refractivity contribution in [2.75, 3.05) is 99.1 Å². The van der Waals surface area contributed by atoms with Crippen molar-refractivity contribution >= 4 is 0 Å². The molecule has 0 aromatic rings. The molecule has 0 radical (unpaired) electrons. The molecule has 15 unspecified atom stereocenters. The van der Waals surface area contributed by atoms with E-state index in [1.807, 2.05) is 0 Å². The Hall–Kier alpha value is -2.44. The van der Waals surface area contributed by atoms with Gasteiger partial charge in [0.05, 0.1) is 99.1 Å². The summed E-state index contributed by atoms with van der Waals surface area (Å²) < 4.78 is 161. The maximum absolute atomic E-state index is 11.2. The summed E-state index contributed by atoms with van der Waals surface area (Å²) in [6, 6.07) is 0. The average molecular weight is 2000 g/mol. The van der Waals surface area contributed by atoms with E-state index >= 15 is 0 Å². The molecule has 0 aromatic heterocycles. The molecule has 61 heteroatoms. The predicted octanol–water partition coefficient (Wildman–Crippen LogP) is -24.1. The molecule has 0 saturated carbocycles. The first-order valence-corrected chi connectivity index (χ1v) is 43.9. The van der Waals surface area contributed by atoms with E-state index in [0.29, 0.717) is 0 Å². The highest BCUT2D eigenvalue weighted by Gasteiger charge is 2.59. The van der Waals surface area contributed by atoms with E-state index in [1.165, 1.54) is 0 Å². The molecule has 32 N–H and O–H groups in total. The molecule has 0 amide bonds. The lowest BCUT2D eigenvalue weighted by atomic mass is 10.0. The van der Waals surface area contributed by atoms with Crippen molar-refractivity contribution in [1.82, 2.24) is 0 Å². The number of ether oxygens (including phenoxy) is 29. The first kappa shape index (κ1) is 108. The lowest BCUT2D eigenvalue weighted by molar-refractivity contribution is -0.371. The molecule has 136 heavy (non-hydrogen) atoms. The Bertz CT molecular complexity index is 3530. The van der Waals surface area contributed by atoms with Crippen LogP contribution in [0.1, 0.15) is 0 Å². The maximum Gasteiger partial charge on any atom is 0.187 e. The van der Waals surface area contributed by atoms with Gasteiger partial charge in [-0.3, -0.25) is 0 Å². The molecule has 61 nitrogen and oxygen atoms in total. The summed E-state index contributed by atoms with van der Waals surface area (Å²) in [7, 11) is 0. The van der Waals surface area contributed by atoms with Gasteiger partial charge in [-0.2, -0.15) is 0 Å². The summed E-state index contributed by atoms with van der Waals surface area (Å²) in [6.07, 6.45) is -104. The normalized spacial score (nSPS) is 54.8. The van der Waals surface area contributed by atoms with Gasteiger partial charge < -0.3 is 301 Å². The van der Waals surface area contributed by atoms with E-state index in [2.05, 4.69) is 0 Å². The van der Waals surface area contributed by atoms with Crippen LogP contribution in [-0.2, 0) is 137 Å². The molecule has 15 rings (SSSR count). The van der Waals surface area contributed by atoms with E-state index in [-0.39, 0.29) is 0 Å². The minimum atomic E-state index is -2.00. The summed E-state index contributed by atoms with van der Waals surface area (Å²) in [5, 5.41) is 347. The smallest absolute Gasteiger partial charge is 0.187 e. The molecule has 60 atom stereocenters. The number of hydrogen-bond donors (Lipinski definition) is 32. The van der Waals surface area contributed by atoms with E-state index in [4.69, 9.17) is 137 Å². The van der Waals surface area contributed by atoms with Crippen LogP contribution in [-0.4, -0.2) is 632 Å². The van der Waals surface area contributed by atoms with Crippen LogP contribution >= 0.6 is 0 Å². The van der Waals surface area contributed by atoms with Gasteiger partial charge in [0.25, 0.3) is 0 Å². The molecule has 788 valence electrons. The molecule has 0 aromatic carbocycles. The molecule has 15 heterocycles. The van der Waals surface area contributed by atoms with Crippen LogP contribution in [0.2, 0.25) is 0 Å². The molecular formula is C75H122O61. The van der Waals surface area contributed by atoms with Crippen LogP contribution in [0.3, 0.4) is 0 Å². The van der Waals surface area contributed by atoms with Crippen LogP contribution < -0.4 is 0 Å². The van der Waals surface area contributed by atoms with Crippen LogP contribution in [0.5, 0.6) is 0 Å². The first-order valence-electron chi connectivity index (χ1n) is 43.9. The SMILES string of the molecule is OC[C@@H]1O[C@@H](O[C@@H]2C(O)[C@H](O[C@@H]3CO[C@H](O[C@@H]4CO[C@H](O[C@@H]5CO[C@H](O[C@@H]6CO[C@H](O[C@@H]7CO[C@H](O[C@@H]8CO[C@H](O[C@@H]9CO[C@H](O[C@@H]%10CO[C@H](O[C@@H]%11CO[C@H](O[C@@H]%12CO[C@H](O[C@@H]%13CO[C@H](O[C@@H]%14CO[C@@H](O[C@@H]%15CO[C@@H](O)C(O)[C@H]%15O)C(O)[C@H]%14O)C(O)[C@H]%13O)C(O)[C@H]%12O)C(O)[C@H]%11O)C(O)[C@H]%10O)C(O)[C@H]9O)C(O)[C@H]8O)C(O)[C@H]7O)C(O)[C@H]6O)C(O)[C@H]5O)C(O)[C@H]4O)C(O)[C@H]3O)OC[C@H]2O)C(O)[C@@H]1O. The van der Waals surface area contributed by atoms with Gasteiger partial charge in [0, 0.05) is 0 Å². The second-order valence-corrected chi connectivity index (χ2v) is 35.2. The predicted molar refractivity (Wildman–Crippen MR) is 403 cm³/mol. The largest absolute Gasteiger partial charge is 0.394 e. The van der Waals surface area contributed by atoms with Gasteiger partial charge in [-0.1, -0.05) is 0 Å². The Morgan fingerprint density at radius 1 is 0.147 bits per heavy atom. The van der Waals surface area contributed by atoms with Crippen LogP contribution in [0, 0.1) is 0 Å².